The summed E-state index contributed by atoms with van der Waals surface area (Å²) in [5.41, 5.74) is 3.30. The van der Waals surface area contributed by atoms with Gasteiger partial charge in [-0.3, -0.25) is 0 Å². The molecule has 3 nitrogen and oxygen atoms in total. The van der Waals surface area contributed by atoms with Crippen LogP contribution in [0.15, 0.2) is 0 Å². The van der Waals surface area contributed by atoms with Crippen molar-refractivity contribution in [1.82, 2.24) is 0 Å². The van der Waals surface area contributed by atoms with E-state index < -0.39 is 12.0 Å². The Labute approximate surface area is 56.4 Å². The van der Waals surface area contributed by atoms with Crippen LogP contribution in [0.1, 0.15) is 0 Å². The van der Waals surface area contributed by atoms with Crippen molar-refractivity contribution >= 4 is 28.4 Å². The second kappa shape index (κ2) is 4.05. The van der Waals surface area contributed by atoms with Gasteiger partial charge in [0.25, 0.3) is 0 Å². The van der Waals surface area contributed by atoms with Crippen molar-refractivity contribution in [2.45, 2.75) is 6.04 Å². The summed E-state index contributed by atoms with van der Waals surface area (Å²) < 4.78 is 0. The zero-order valence-electron chi connectivity index (χ0n) is 4.16. The highest BCUT2D eigenvalue weighted by Crippen LogP contribution is 2.03. The normalized spacial score (nSPS) is 13.2. The van der Waals surface area contributed by atoms with Crippen LogP contribution in [0.5, 0.6) is 0 Å². The van der Waals surface area contributed by atoms with Gasteiger partial charge in [0.1, 0.15) is 6.04 Å². The van der Waals surface area contributed by atoms with E-state index in [9.17, 15) is 9.90 Å². The molecule has 0 unspecified atom stereocenters. The number of rotatable bonds is 3. The molecule has 0 saturated carbocycles. The first-order chi connectivity index (χ1) is 3.68. The van der Waals surface area contributed by atoms with E-state index in [2.05, 4.69) is 17.4 Å². The predicted molar refractivity (Wildman–Crippen MR) is 33.1 cm³/mol. The van der Waals surface area contributed by atoms with Crippen LogP contribution in [0.3, 0.4) is 0 Å². The van der Waals surface area contributed by atoms with Crippen molar-refractivity contribution < 1.29 is 15.6 Å². The third-order valence-corrected chi connectivity index (χ3v) is 1.61. The van der Waals surface area contributed by atoms with Gasteiger partial charge in [-0.05, 0) is 0 Å². The van der Waals surface area contributed by atoms with Gasteiger partial charge in [0, 0.05) is 0 Å². The molecule has 0 aromatic rings. The number of hydrogen-bond donors (Lipinski definition) is 2. The summed E-state index contributed by atoms with van der Waals surface area (Å²) in [7, 11) is 1.15. The van der Waals surface area contributed by atoms with Crippen molar-refractivity contribution in [2.75, 3.05) is 5.75 Å². The molecule has 0 spiro atoms. The molecule has 0 fully saturated rings. The maximum absolute atomic E-state index is 9.87. The largest absolute Gasteiger partial charge is 0.544 e. The highest BCUT2D eigenvalue weighted by molar-refractivity contribution is 8.68. The topological polar surface area (TPSA) is 67.8 Å². The molecule has 0 saturated heterocycles. The van der Waals surface area contributed by atoms with Crippen molar-refractivity contribution in [1.29, 1.82) is 0 Å². The summed E-state index contributed by atoms with van der Waals surface area (Å²) in [6.07, 6.45) is 0. The lowest BCUT2D eigenvalue weighted by atomic mass is 10.4. The maximum Gasteiger partial charge on any atom is 0.134 e. The van der Waals surface area contributed by atoms with E-state index >= 15 is 0 Å². The number of carbonyl (C=O) groups is 1. The molecule has 0 bridgehead atoms. The molecule has 0 aromatic carbocycles. The van der Waals surface area contributed by atoms with Crippen molar-refractivity contribution in [3.8, 4) is 0 Å². The number of quaternary nitrogens is 1. The lowest BCUT2D eigenvalue weighted by Gasteiger charge is -2.04. The number of carbonyl (C=O) groups excluding carboxylic acids is 1. The van der Waals surface area contributed by atoms with E-state index in [4.69, 9.17) is 0 Å². The van der Waals surface area contributed by atoms with Crippen LogP contribution >= 0.6 is 22.5 Å². The van der Waals surface area contributed by atoms with Crippen LogP contribution in [-0.4, -0.2) is 17.8 Å². The molecular weight excluding hydrogens is 146 g/mol. The molecule has 0 aliphatic heterocycles. The monoisotopic (exact) mass is 153 g/mol. The number of thiol groups is 1. The molecule has 0 amide bonds. The van der Waals surface area contributed by atoms with Gasteiger partial charge in [0.05, 0.1) is 11.7 Å². The molecule has 3 N–H and O–H groups in total. The Morgan fingerprint density at radius 2 is 2.50 bits per heavy atom. The van der Waals surface area contributed by atoms with Gasteiger partial charge in [-0.25, -0.2) is 0 Å². The van der Waals surface area contributed by atoms with Gasteiger partial charge in [0.2, 0.25) is 0 Å². The highest BCUT2D eigenvalue weighted by Gasteiger charge is 2.03. The molecule has 0 radical (unpaired) electrons. The molecule has 8 heavy (non-hydrogen) atoms. The maximum atomic E-state index is 9.87. The SMILES string of the molecule is [NH3+][C@@H](CSS)C(=O)[O-]. The smallest absolute Gasteiger partial charge is 0.134 e. The number of carboxylic acids is 1. The molecule has 0 aliphatic carbocycles. The lowest BCUT2D eigenvalue weighted by molar-refractivity contribution is -0.431. The Morgan fingerprint density at radius 3 is 2.62 bits per heavy atom. The van der Waals surface area contributed by atoms with E-state index in [1.54, 1.807) is 0 Å². The van der Waals surface area contributed by atoms with Crippen LogP contribution in [0, 0.1) is 0 Å². The van der Waals surface area contributed by atoms with Gasteiger partial charge in [-0.1, -0.05) is 10.8 Å². The molecule has 5 heteroatoms. The summed E-state index contributed by atoms with van der Waals surface area (Å²) in [6.45, 7) is 0. The molecule has 0 rings (SSSR count). The van der Waals surface area contributed by atoms with E-state index in [1.807, 2.05) is 0 Å². The molecule has 1 atom stereocenters. The Balaban J connectivity index is 3.32. The van der Waals surface area contributed by atoms with Crippen molar-refractivity contribution in [3.63, 3.8) is 0 Å². The van der Waals surface area contributed by atoms with Gasteiger partial charge < -0.3 is 15.6 Å². The van der Waals surface area contributed by atoms with Gasteiger partial charge >= 0.3 is 0 Å². The van der Waals surface area contributed by atoms with E-state index in [1.165, 1.54) is 0 Å². The molecule has 0 aromatic heterocycles. The summed E-state index contributed by atoms with van der Waals surface area (Å²) >= 11 is 3.74. The van der Waals surface area contributed by atoms with Crippen molar-refractivity contribution in [2.24, 2.45) is 0 Å². The molecule has 0 heterocycles. The Morgan fingerprint density at radius 1 is 2.00 bits per heavy atom. The zero-order chi connectivity index (χ0) is 6.57. The third kappa shape index (κ3) is 3.17. The minimum Gasteiger partial charge on any atom is -0.544 e. The average molecular weight is 153 g/mol. The average Bonchev–Trinajstić information content (AvgIpc) is 1.67. The zero-order valence-corrected chi connectivity index (χ0v) is 5.87. The summed E-state index contributed by atoms with van der Waals surface area (Å²) in [4.78, 5) is 9.87. The number of hydrogen-bond acceptors (Lipinski definition) is 4. The van der Waals surface area contributed by atoms with E-state index in [0.717, 1.165) is 10.8 Å². The molecule has 48 valence electrons. The second-order valence-corrected chi connectivity index (χ2v) is 2.68. The first kappa shape index (κ1) is 8.13. The minimum atomic E-state index is -1.12. The predicted octanol–water partition coefficient (Wildman–Crippen LogP) is -2.08. The lowest BCUT2D eigenvalue weighted by Crippen LogP contribution is -2.69. The van der Waals surface area contributed by atoms with Gasteiger partial charge in [0.15, 0.2) is 0 Å². The highest BCUT2D eigenvalue weighted by atomic mass is 33.1. The first-order valence-corrected chi connectivity index (χ1v) is 4.02. The van der Waals surface area contributed by atoms with Crippen molar-refractivity contribution in [3.05, 3.63) is 0 Å². The minimum absolute atomic E-state index is 0.394. The standard InChI is InChI=1S/C3H7NO2S2/c4-2(1-8-7)3(5)6/h2,7H,1,4H2,(H,5,6)/t2-/m0/s1. The van der Waals surface area contributed by atoms with Crippen LogP contribution in [-0.2, 0) is 4.79 Å². The summed E-state index contributed by atoms with van der Waals surface area (Å²) in [5, 5.41) is 9.87. The Hall–Kier alpha value is 0.130. The third-order valence-electron chi connectivity index (χ3n) is 0.609. The second-order valence-electron chi connectivity index (χ2n) is 1.31. The van der Waals surface area contributed by atoms with Crippen LogP contribution in [0.2, 0.25) is 0 Å². The molecule has 0 aliphatic rings. The van der Waals surface area contributed by atoms with Crippen LogP contribution < -0.4 is 10.8 Å². The van der Waals surface area contributed by atoms with Crippen LogP contribution in [0.25, 0.3) is 0 Å². The number of carboxylic acid groups (broad SMARTS) is 1. The number of aliphatic carboxylic acids is 1. The fourth-order valence-electron chi connectivity index (χ4n) is 0.158. The molecular formula is C3H7NO2S2. The fourth-order valence-corrected chi connectivity index (χ4v) is 1.01. The fraction of sp³-hybridized carbons (Fsp3) is 0.667. The summed E-state index contributed by atoms with van der Waals surface area (Å²) in [5.74, 6) is -0.725. The van der Waals surface area contributed by atoms with E-state index in [0.29, 0.717) is 5.75 Å². The van der Waals surface area contributed by atoms with Gasteiger partial charge in [-0.15, -0.1) is 11.7 Å². The van der Waals surface area contributed by atoms with Gasteiger partial charge in [-0.2, -0.15) is 0 Å². The first-order valence-electron chi connectivity index (χ1n) is 1.98. The van der Waals surface area contributed by atoms with Crippen LogP contribution in [0.4, 0.5) is 0 Å². The Kier molecular flexibility index (Phi) is 4.12. The quantitative estimate of drug-likeness (QED) is 0.361. The Bertz CT molecular complexity index is 87.4. The van der Waals surface area contributed by atoms with E-state index in [-0.39, 0.29) is 0 Å². The summed E-state index contributed by atoms with van der Waals surface area (Å²) in [6, 6.07) is -0.641.